The molecular formula is C24H31N3O5. The smallest absolute Gasteiger partial charge is 0.289 e. The molecule has 4 rings (SSSR count). The molecule has 2 aliphatic rings. The highest BCUT2D eigenvalue weighted by Gasteiger charge is 2.37. The zero-order valence-electron chi connectivity index (χ0n) is 18.7. The number of rotatable bonds is 7. The van der Waals surface area contributed by atoms with Crippen LogP contribution in [0.1, 0.15) is 36.2 Å². The summed E-state index contributed by atoms with van der Waals surface area (Å²) >= 11 is 0. The summed E-state index contributed by atoms with van der Waals surface area (Å²) in [5.74, 6) is 1.81. The summed E-state index contributed by atoms with van der Waals surface area (Å²) in [6.07, 6.45) is 5.91. The molecule has 0 spiro atoms. The van der Waals surface area contributed by atoms with Crippen molar-refractivity contribution < 1.29 is 23.5 Å². The molecule has 0 radical (unpaired) electrons. The first kappa shape index (κ1) is 22.2. The molecule has 2 amide bonds. The van der Waals surface area contributed by atoms with Crippen molar-refractivity contribution in [2.45, 2.75) is 31.7 Å². The number of benzene rings is 1. The van der Waals surface area contributed by atoms with Crippen LogP contribution < -0.4 is 14.8 Å². The number of furan rings is 1. The molecule has 1 aromatic carbocycles. The Bertz CT molecular complexity index is 893. The molecule has 1 N–H and O–H groups in total. The Morgan fingerprint density at radius 3 is 2.25 bits per heavy atom. The van der Waals surface area contributed by atoms with E-state index in [1.54, 1.807) is 49.5 Å². The summed E-state index contributed by atoms with van der Waals surface area (Å²) in [5, 5.41) is 3.09. The fourth-order valence-electron chi connectivity index (χ4n) is 4.81. The Kier molecular flexibility index (Phi) is 6.99. The molecule has 172 valence electrons. The Morgan fingerprint density at radius 2 is 1.69 bits per heavy atom. The molecule has 8 nitrogen and oxygen atoms in total. The lowest BCUT2D eigenvalue weighted by atomic mass is 9.94. The van der Waals surface area contributed by atoms with Gasteiger partial charge in [-0.3, -0.25) is 14.5 Å². The summed E-state index contributed by atoms with van der Waals surface area (Å²) in [4.78, 5) is 30.1. The Morgan fingerprint density at radius 1 is 1.03 bits per heavy atom. The fourth-order valence-corrected chi connectivity index (χ4v) is 4.81. The second-order valence-electron chi connectivity index (χ2n) is 8.39. The van der Waals surface area contributed by atoms with Crippen LogP contribution in [0.2, 0.25) is 0 Å². The van der Waals surface area contributed by atoms with Gasteiger partial charge in [-0.1, -0.05) is 12.8 Å². The molecular weight excluding hydrogens is 410 g/mol. The minimum Gasteiger partial charge on any atom is -0.497 e. The van der Waals surface area contributed by atoms with Gasteiger partial charge < -0.3 is 24.1 Å². The van der Waals surface area contributed by atoms with Crippen molar-refractivity contribution in [1.29, 1.82) is 0 Å². The minimum absolute atomic E-state index is 0.0157. The number of carbonyl (C=O) groups is 2. The topological polar surface area (TPSA) is 84.3 Å². The van der Waals surface area contributed by atoms with Crippen LogP contribution in [0, 0.1) is 5.92 Å². The maximum Gasteiger partial charge on any atom is 0.289 e. The normalized spacial score (nSPS) is 18.4. The largest absolute Gasteiger partial charge is 0.497 e. The van der Waals surface area contributed by atoms with E-state index >= 15 is 0 Å². The maximum absolute atomic E-state index is 13.5. The van der Waals surface area contributed by atoms with E-state index in [2.05, 4.69) is 10.2 Å². The lowest BCUT2D eigenvalue weighted by Gasteiger charge is -2.40. The Balaban J connectivity index is 1.46. The van der Waals surface area contributed by atoms with Crippen LogP contribution in [0.3, 0.4) is 0 Å². The van der Waals surface area contributed by atoms with Crippen molar-refractivity contribution in [2.24, 2.45) is 5.92 Å². The van der Waals surface area contributed by atoms with E-state index in [4.69, 9.17) is 13.9 Å². The fraction of sp³-hybridized carbons (Fsp3) is 0.500. The molecule has 8 heteroatoms. The molecule has 32 heavy (non-hydrogen) atoms. The van der Waals surface area contributed by atoms with E-state index in [1.807, 2.05) is 0 Å². The number of hydrogen-bond acceptors (Lipinski definition) is 6. The predicted molar refractivity (Wildman–Crippen MR) is 120 cm³/mol. The molecule has 1 aromatic heterocycles. The number of amides is 2. The van der Waals surface area contributed by atoms with Crippen molar-refractivity contribution in [1.82, 2.24) is 9.80 Å². The van der Waals surface area contributed by atoms with Crippen molar-refractivity contribution in [2.75, 3.05) is 45.7 Å². The van der Waals surface area contributed by atoms with Gasteiger partial charge in [0.15, 0.2) is 5.76 Å². The molecule has 2 aromatic rings. The number of ether oxygens (including phenoxy) is 2. The second-order valence-corrected chi connectivity index (χ2v) is 8.39. The summed E-state index contributed by atoms with van der Waals surface area (Å²) in [6, 6.07) is 8.55. The number of anilines is 1. The monoisotopic (exact) mass is 441 g/mol. The van der Waals surface area contributed by atoms with E-state index in [0.29, 0.717) is 55.0 Å². The van der Waals surface area contributed by atoms with Crippen LogP contribution in [0.25, 0.3) is 0 Å². The SMILES string of the molecule is COc1cc(NC(=O)[C@@H](C2CCCC2)N2CCN(C(=O)c3ccco3)CC2)cc(OC)c1. The molecule has 1 saturated heterocycles. The first-order valence-corrected chi connectivity index (χ1v) is 11.2. The van der Waals surface area contributed by atoms with Gasteiger partial charge in [0.05, 0.1) is 26.5 Å². The van der Waals surface area contributed by atoms with Crippen molar-refractivity contribution >= 4 is 17.5 Å². The average Bonchev–Trinajstić information content (AvgIpc) is 3.54. The first-order valence-electron chi connectivity index (χ1n) is 11.2. The highest BCUT2D eigenvalue weighted by Crippen LogP contribution is 2.32. The minimum atomic E-state index is -0.226. The number of nitrogens with zero attached hydrogens (tertiary/aromatic N) is 2. The van der Waals surface area contributed by atoms with Gasteiger partial charge in [0, 0.05) is 50.1 Å². The van der Waals surface area contributed by atoms with Gasteiger partial charge in [-0.2, -0.15) is 0 Å². The Hall–Kier alpha value is -3.00. The highest BCUT2D eigenvalue weighted by atomic mass is 16.5. The standard InChI is InChI=1S/C24H31N3O5/c1-30-19-14-18(15-20(16-19)31-2)25-23(28)22(17-6-3-4-7-17)26-9-11-27(12-10-26)24(29)21-8-5-13-32-21/h5,8,13-17,22H,3-4,6-7,9-12H2,1-2H3,(H,25,28)/t22-/m1/s1. The van der Waals surface area contributed by atoms with E-state index in [1.165, 1.54) is 6.26 Å². The molecule has 0 bridgehead atoms. The second kappa shape index (κ2) is 10.1. The zero-order valence-corrected chi connectivity index (χ0v) is 18.7. The molecule has 2 fully saturated rings. The van der Waals surface area contributed by atoms with Gasteiger partial charge in [0.2, 0.25) is 5.91 Å². The van der Waals surface area contributed by atoms with E-state index in [9.17, 15) is 9.59 Å². The third-order valence-corrected chi connectivity index (χ3v) is 6.46. The molecule has 2 heterocycles. The van der Waals surface area contributed by atoms with Gasteiger partial charge in [0.1, 0.15) is 11.5 Å². The van der Waals surface area contributed by atoms with Gasteiger partial charge >= 0.3 is 0 Å². The number of methoxy groups -OCH3 is 2. The van der Waals surface area contributed by atoms with Gasteiger partial charge in [-0.05, 0) is 30.9 Å². The summed E-state index contributed by atoms with van der Waals surface area (Å²) in [6.45, 7) is 2.46. The lowest BCUT2D eigenvalue weighted by molar-refractivity contribution is -0.123. The van der Waals surface area contributed by atoms with Crippen LogP contribution in [0.4, 0.5) is 5.69 Å². The molecule has 1 aliphatic heterocycles. The third-order valence-electron chi connectivity index (χ3n) is 6.46. The lowest BCUT2D eigenvalue weighted by Crippen LogP contribution is -2.56. The van der Waals surface area contributed by atoms with Gasteiger partial charge in [-0.15, -0.1) is 0 Å². The van der Waals surface area contributed by atoms with E-state index < -0.39 is 0 Å². The van der Waals surface area contributed by atoms with Crippen molar-refractivity contribution in [3.8, 4) is 11.5 Å². The number of piperazine rings is 1. The zero-order chi connectivity index (χ0) is 22.5. The van der Waals surface area contributed by atoms with Crippen LogP contribution in [-0.2, 0) is 4.79 Å². The summed E-state index contributed by atoms with van der Waals surface area (Å²) in [5.41, 5.74) is 0.654. The third kappa shape index (κ3) is 4.91. The average molecular weight is 442 g/mol. The highest BCUT2D eigenvalue weighted by molar-refractivity contribution is 5.95. The first-order chi connectivity index (χ1) is 15.6. The van der Waals surface area contributed by atoms with Crippen molar-refractivity contribution in [3.05, 3.63) is 42.4 Å². The van der Waals surface area contributed by atoms with Crippen LogP contribution in [0.5, 0.6) is 11.5 Å². The predicted octanol–water partition coefficient (Wildman–Crippen LogP) is 3.25. The quantitative estimate of drug-likeness (QED) is 0.710. The molecule has 0 unspecified atom stereocenters. The van der Waals surface area contributed by atoms with E-state index in [-0.39, 0.29) is 17.9 Å². The van der Waals surface area contributed by atoms with E-state index in [0.717, 1.165) is 25.7 Å². The molecule has 1 saturated carbocycles. The van der Waals surface area contributed by atoms with Crippen molar-refractivity contribution in [3.63, 3.8) is 0 Å². The van der Waals surface area contributed by atoms with Gasteiger partial charge in [-0.25, -0.2) is 0 Å². The number of nitrogens with one attached hydrogen (secondary N) is 1. The summed E-state index contributed by atoms with van der Waals surface area (Å²) in [7, 11) is 3.18. The number of hydrogen-bond donors (Lipinski definition) is 1. The Labute approximate surface area is 188 Å². The number of carbonyl (C=O) groups excluding carboxylic acids is 2. The summed E-state index contributed by atoms with van der Waals surface area (Å²) < 4.78 is 15.9. The van der Waals surface area contributed by atoms with Gasteiger partial charge in [0.25, 0.3) is 5.91 Å². The maximum atomic E-state index is 13.5. The molecule has 1 atom stereocenters. The van der Waals surface area contributed by atoms with Crippen LogP contribution >= 0.6 is 0 Å². The van der Waals surface area contributed by atoms with Crippen LogP contribution in [-0.4, -0.2) is 68.1 Å². The van der Waals surface area contributed by atoms with Crippen LogP contribution in [0.15, 0.2) is 41.0 Å². The molecule has 1 aliphatic carbocycles.